The summed E-state index contributed by atoms with van der Waals surface area (Å²) >= 11 is 5.62. The highest BCUT2D eigenvalue weighted by atomic mass is 35.5. The lowest BCUT2D eigenvalue weighted by Gasteiger charge is -2.23. The topological polar surface area (TPSA) is 37.3 Å². The summed E-state index contributed by atoms with van der Waals surface area (Å²) in [7, 11) is 0. The van der Waals surface area contributed by atoms with Crippen LogP contribution >= 0.6 is 11.6 Å². The van der Waals surface area contributed by atoms with Crippen molar-refractivity contribution in [2.45, 2.75) is 38.7 Å². The number of ketones is 1. The Morgan fingerprint density at radius 2 is 2.00 bits per heavy atom. The molecule has 1 rings (SSSR count). The molecule has 0 aliphatic rings. The van der Waals surface area contributed by atoms with Crippen LogP contribution in [0.3, 0.4) is 0 Å². The Balaban J connectivity index is 2.88. The second-order valence-corrected chi connectivity index (χ2v) is 4.51. The van der Waals surface area contributed by atoms with Gasteiger partial charge in [0.1, 0.15) is 11.4 Å². The molecule has 0 aliphatic heterocycles. The van der Waals surface area contributed by atoms with Crippen LogP contribution in [0.2, 0.25) is 5.02 Å². The molecule has 0 heterocycles. The van der Waals surface area contributed by atoms with Gasteiger partial charge in [-0.1, -0.05) is 31.5 Å². The monoisotopic (exact) mass is 258 g/mol. The predicted molar refractivity (Wildman–Crippen MR) is 65.7 cm³/mol. The summed E-state index contributed by atoms with van der Waals surface area (Å²) < 4.78 is 13.5. The summed E-state index contributed by atoms with van der Waals surface area (Å²) in [5, 5.41) is 10.3. The number of carbonyl (C=O) groups is 1. The number of Topliss-reactive ketones (excluding diaryl/α,β-unsaturated/α-hetero) is 1. The van der Waals surface area contributed by atoms with E-state index < -0.39 is 11.4 Å². The zero-order chi connectivity index (χ0) is 13.1. The van der Waals surface area contributed by atoms with Gasteiger partial charge < -0.3 is 5.11 Å². The van der Waals surface area contributed by atoms with E-state index in [0.717, 1.165) is 0 Å². The van der Waals surface area contributed by atoms with E-state index in [2.05, 4.69) is 0 Å². The summed E-state index contributed by atoms with van der Waals surface area (Å²) in [6.45, 7) is 3.47. The summed E-state index contributed by atoms with van der Waals surface area (Å²) in [5.74, 6) is -0.871. The quantitative estimate of drug-likeness (QED) is 0.881. The molecular formula is C13H16ClFO2. The number of hydrogen-bond acceptors (Lipinski definition) is 2. The first-order chi connectivity index (χ1) is 7.92. The third-order valence-electron chi connectivity index (χ3n) is 3.05. The highest BCUT2D eigenvalue weighted by molar-refractivity contribution is 6.30. The third kappa shape index (κ3) is 3.27. The van der Waals surface area contributed by atoms with E-state index in [1.54, 1.807) is 13.8 Å². The SMILES string of the molecule is CCC(O)(CC)C(=O)Cc1ccc(Cl)cc1F. The second-order valence-electron chi connectivity index (χ2n) is 4.07. The lowest BCUT2D eigenvalue weighted by molar-refractivity contribution is -0.137. The Morgan fingerprint density at radius 3 is 2.47 bits per heavy atom. The first-order valence-electron chi connectivity index (χ1n) is 5.62. The highest BCUT2D eigenvalue weighted by Crippen LogP contribution is 2.21. The van der Waals surface area contributed by atoms with Crippen LogP contribution in [0.5, 0.6) is 0 Å². The molecule has 17 heavy (non-hydrogen) atoms. The van der Waals surface area contributed by atoms with Crippen LogP contribution in [0, 0.1) is 5.82 Å². The van der Waals surface area contributed by atoms with Crippen molar-refractivity contribution in [2.24, 2.45) is 0 Å². The van der Waals surface area contributed by atoms with E-state index in [0.29, 0.717) is 17.9 Å². The zero-order valence-corrected chi connectivity index (χ0v) is 10.7. The summed E-state index contributed by atoms with van der Waals surface area (Å²) in [4.78, 5) is 11.9. The van der Waals surface area contributed by atoms with Crippen molar-refractivity contribution in [3.8, 4) is 0 Å². The van der Waals surface area contributed by atoms with Gasteiger partial charge in [-0.05, 0) is 30.5 Å². The maximum atomic E-state index is 13.5. The van der Waals surface area contributed by atoms with E-state index in [1.807, 2.05) is 0 Å². The fraction of sp³-hybridized carbons (Fsp3) is 0.462. The number of aliphatic hydroxyl groups is 1. The molecule has 4 heteroatoms. The molecule has 0 radical (unpaired) electrons. The van der Waals surface area contributed by atoms with Crippen molar-refractivity contribution in [3.05, 3.63) is 34.6 Å². The van der Waals surface area contributed by atoms with Crippen LogP contribution in [-0.2, 0) is 11.2 Å². The molecule has 94 valence electrons. The molecule has 0 unspecified atom stereocenters. The molecule has 0 spiro atoms. The molecule has 0 amide bonds. The number of carbonyl (C=O) groups excluding carboxylic acids is 1. The molecule has 2 nitrogen and oxygen atoms in total. The Kier molecular flexibility index (Phi) is 4.66. The molecule has 0 atom stereocenters. The molecule has 1 N–H and O–H groups in total. The molecule has 0 saturated heterocycles. The lowest BCUT2D eigenvalue weighted by atomic mass is 9.88. The van der Waals surface area contributed by atoms with Crippen LogP contribution in [0.15, 0.2) is 18.2 Å². The first-order valence-corrected chi connectivity index (χ1v) is 6.00. The third-order valence-corrected chi connectivity index (χ3v) is 3.29. The minimum absolute atomic E-state index is 0.110. The van der Waals surface area contributed by atoms with E-state index in [-0.39, 0.29) is 17.8 Å². The standard InChI is InChI=1S/C13H16ClFO2/c1-3-13(17,4-2)12(16)7-9-5-6-10(14)8-11(9)15/h5-6,8,17H,3-4,7H2,1-2H3. The molecule has 0 bridgehead atoms. The van der Waals surface area contributed by atoms with Gasteiger partial charge in [0.2, 0.25) is 0 Å². The van der Waals surface area contributed by atoms with Crippen molar-refractivity contribution in [1.82, 2.24) is 0 Å². The van der Waals surface area contributed by atoms with Gasteiger partial charge in [0.15, 0.2) is 5.78 Å². The molecule has 0 aliphatic carbocycles. The molecule has 1 aromatic rings. The average Bonchev–Trinajstić information content (AvgIpc) is 2.31. The Labute approximate surface area is 105 Å². The second kappa shape index (κ2) is 5.61. The number of rotatable bonds is 5. The largest absolute Gasteiger partial charge is 0.382 e. The smallest absolute Gasteiger partial charge is 0.168 e. The maximum absolute atomic E-state index is 13.5. The highest BCUT2D eigenvalue weighted by Gasteiger charge is 2.31. The number of benzene rings is 1. The maximum Gasteiger partial charge on any atom is 0.168 e. The van der Waals surface area contributed by atoms with Crippen molar-refractivity contribution in [2.75, 3.05) is 0 Å². The Bertz CT molecular complexity index is 414. The van der Waals surface area contributed by atoms with Crippen LogP contribution in [0.25, 0.3) is 0 Å². The average molecular weight is 259 g/mol. The van der Waals surface area contributed by atoms with E-state index in [1.165, 1.54) is 18.2 Å². The minimum atomic E-state index is -1.36. The number of halogens is 2. The van der Waals surface area contributed by atoms with Crippen molar-refractivity contribution in [3.63, 3.8) is 0 Å². The van der Waals surface area contributed by atoms with Crippen LogP contribution in [0.4, 0.5) is 4.39 Å². The first kappa shape index (κ1) is 14.1. The lowest BCUT2D eigenvalue weighted by Crippen LogP contribution is -2.38. The van der Waals surface area contributed by atoms with Gasteiger partial charge in [0, 0.05) is 11.4 Å². The van der Waals surface area contributed by atoms with Crippen molar-refractivity contribution >= 4 is 17.4 Å². The van der Waals surface area contributed by atoms with E-state index in [4.69, 9.17) is 11.6 Å². The van der Waals surface area contributed by atoms with Gasteiger partial charge in [-0.25, -0.2) is 4.39 Å². The predicted octanol–water partition coefficient (Wildman–Crippen LogP) is 3.14. The van der Waals surface area contributed by atoms with Crippen LogP contribution in [0.1, 0.15) is 32.3 Å². The molecule has 1 aromatic carbocycles. The molecular weight excluding hydrogens is 243 g/mol. The molecule has 0 saturated carbocycles. The fourth-order valence-corrected chi connectivity index (χ4v) is 1.81. The van der Waals surface area contributed by atoms with Gasteiger partial charge in [-0.15, -0.1) is 0 Å². The van der Waals surface area contributed by atoms with Crippen molar-refractivity contribution in [1.29, 1.82) is 0 Å². The van der Waals surface area contributed by atoms with Crippen LogP contribution < -0.4 is 0 Å². The van der Waals surface area contributed by atoms with Gasteiger partial charge in [0.05, 0.1) is 0 Å². The molecule has 0 aromatic heterocycles. The summed E-state index contributed by atoms with van der Waals surface area (Å²) in [6.07, 6.45) is 0.552. The Morgan fingerprint density at radius 1 is 1.41 bits per heavy atom. The minimum Gasteiger partial charge on any atom is -0.382 e. The van der Waals surface area contributed by atoms with Crippen LogP contribution in [-0.4, -0.2) is 16.5 Å². The summed E-state index contributed by atoms with van der Waals surface area (Å²) in [6, 6.07) is 4.17. The summed E-state index contributed by atoms with van der Waals surface area (Å²) in [5.41, 5.74) is -1.09. The Hall–Kier alpha value is -0.930. The van der Waals surface area contributed by atoms with Gasteiger partial charge >= 0.3 is 0 Å². The fourth-order valence-electron chi connectivity index (χ4n) is 1.65. The van der Waals surface area contributed by atoms with Gasteiger partial charge in [0.25, 0.3) is 0 Å². The van der Waals surface area contributed by atoms with Gasteiger partial charge in [-0.3, -0.25) is 4.79 Å². The van der Waals surface area contributed by atoms with Crippen molar-refractivity contribution < 1.29 is 14.3 Å². The van der Waals surface area contributed by atoms with E-state index in [9.17, 15) is 14.3 Å². The normalized spacial score (nSPS) is 11.6. The zero-order valence-electron chi connectivity index (χ0n) is 9.96. The van der Waals surface area contributed by atoms with Gasteiger partial charge in [-0.2, -0.15) is 0 Å². The van der Waals surface area contributed by atoms with E-state index >= 15 is 0 Å². The number of hydrogen-bond donors (Lipinski definition) is 1. The molecule has 0 fully saturated rings.